The Kier molecular flexibility index (Phi) is 13.0. The summed E-state index contributed by atoms with van der Waals surface area (Å²) >= 11 is 0. The number of nitrogens with one attached hydrogen (secondary N) is 2. The number of carbonyl (C=O) groups is 3. The van der Waals surface area contributed by atoms with Gasteiger partial charge in [-0.1, -0.05) is 54.1 Å². The number of amidine groups is 1. The fourth-order valence-electron chi connectivity index (χ4n) is 5.94. The first kappa shape index (κ1) is 38.7. The molecule has 4 rings (SSSR count). The molecule has 5 N–H and O–H groups in total. The van der Waals surface area contributed by atoms with Crippen molar-refractivity contribution in [3.8, 4) is 0 Å². The zero-order valence-corrected chi connectivity index (χ0v) is 28.7. The molecule has 2 aliphatic rings. The number of carboxylic acids is 1. The average molecular weight is 698 g/mol. The molecule has 2 amide bonds. The highest BCUT2D eigenvalue weighted by Crippen LogP contribution is 2.42. The van der Waals surface area contributed by atoms with Crippen molar-refractivity contribution in [3.05, 3.63) is 82.4 Å². The maximum atomic E-state index is 14.8. The molecule has 0 fully saturated rings. The first-order chi connectivity index (χ1) is 20.7. The Morgan fingerprint density at radius 3 is 2.46 bits per heavy atom. The highest BCUT2D eigenvalue weighted by atomic mass is 35.5. The molecule has 2 aliphatic heterocycles. The molecule has 2 aromatic carbocycles. The Bertz CT molecular complexity index is 1620. The Labute approximate surface area is 282 Å². The normalized spacial score (nSPS) is 20.2. The maximum absolute atomic E-state index is 14.8. The Balaban J connectivity index is 0.00000368. The van der Waals surface area contributed by atoms with E-state index in [1.165, 1.54) is 9.80 Å². The van der Waals surface area contributed by atoms with Crippen LogP contribution in [-0.2, 0) is 42.1 Å². The number of nitrogen functional groups attached to an aromatic ring is 1. The van der Waals surface area contributed by atoms with Gasteiger partial charge in [-0.15, -0.1) is 24.8 Å². The number of nitrogens with two attached hydrogens (primary N) is 1. The van der Waals surface area contributed by atoms with E-state index in [1.807, 2.05) is 12.1 Å². The molecule has 3 atom stereocenters. The number of nitrogens with zero attached hydrogens (tertiary/aromatic N) is 3. The van der Waals surface area contributed by atoms with E-state index in [4.69, 9.17) is 11.1 Å². The lowest BCUT2D eigenvalue weighted by Gasteiger charge is -2.46. The Hall–Kier alpha value is -3.49. The summed E-state index contributed by atoms with van der Waals surface area (Å²) in [6.45, 7) is 2.13. The van der Waals surface area contributed by atoms with Gasteiger partial charge in [0.05, 0.1) is 6.42 Å². The summed E-state index contributed by atoms with van der Waals surface area (Å²) in [4.78, 5) is 42.0. The van der Waals surface area contributed by atoms with E-state index in [1.54, 1.807) is 75.4 Å². The van der Waals surface area contributed by atoms with Gasteiger partial charge in [0.15, 0.2) is 4.87 Å². The molecule has 15 heteroatoms. The van der Waals surface area contributed by atoms with Crippen LogP contribution in [0.5, 0.6) is 0 Å². The predicted molar refractivity (Wildman–Crippen MR) is 181 cm³/mol. The summed E-state index contributed by atoms with van der Waals surface area (Å²) < 4.78 is 32.2. The third-order valence-corrected chi connectivity index (χ3v) is 10.6. The third-order valence-electron chi connectivity index (χ3n) is 8.48. The number of hydrogen-bond donors (Lipinski definition) is 4. The smallest absolute Gasteiger partial charge is 0.326 e. The van der Waals surface area contributed by atoms with Crippen LogP contribution < -0.4 is 10.5 Å². The molecular formula is C31H42Cl2N6O6S. The number of aliphatic carboxylic acids is 1. The second kappa shape index (κ2) is 15.4. The number of halogens is 2. The number of sulfonamides is 1. The van der Waals surface area contributed by atoms with Crippen LogP contribution in [0.15, 0.2) is 60.2 Å². The molecule has 2 aromatic rings. The van der Waals surface area contributed by atoms with E-state index in [2.05, 4.69) is 4.72 Å². The van der Waals surface area contributed by atoms with Gasteiger partial charge >= 0.3 is 5.97 Å². The highest BCUT2D eigenvalue weighted by molar-refractivity contribution is 7.90. The third kappa shape index (κ3) is 7.72. The minimum absolute atomic E-state index is 0. The second-order valence-corrected chi connectivity index (χ2v) is 13.6. The van der Waals surface area contributed by atoms with E-state index in [0.29, 0.717) is 29.7 Å². The lowest BCUT2D eigenvalue weighted by atomic mass is 9.90. The van der Waals surface area contributed by atoms with Crippen molar-refractivity contribution in [2.75, 3.05) is 34.2 Å². The van der Waals surface area contributed by atoms with Gasteiger partial charge in [-0.2, -0.15) is 0 Å². The molecular weight excluding hydrogens is 655 g/mol. The molecule has 252 valence electrons. The van der Waals surface area contributed by atoms with E-state index in [9.17, 15) is 27.9 Å². The molecule has 0 bridgehead atoms. The van der Waals surface area contributed by atoms with Gasteiger partial charge in [0.25, 0.3) is 0 Å². The van der Waals surface area contributed by atoms with Crippen LogP contribution in [0.2, 0.25) is 0 Å². The van der Waals surface area contributed by atoms with Crippen LogP contribution >= 0.6 is 24.8 Å². The first-order valence-electron chi connectivity index (χ1n) is 14.3. The molecule has 0 saturated carbocycles. The van der Waals surface area contributed by atoms with Crippen LogP contribution in [0.4, 0.5) is 0 Å². The van der Waals surface area contributed by atoms with E-state index < -0.39 is 51.2 Å². The minimum atomic E-state index is -4.56. The van der Waals surface area contributed by atoms with E-state index >= 15 is 0 Å². The average Bonchev–Trinajstić information content (AvgIpc) is 2.97. The molecule has 0 spiro atoms. The van der Waals surface area contributed by atoms with E-state index in [0.717, 1.165) is 11.1 Å². The van der Waals surface area contributed by atoms with Crippen molar-refractivity contribution in [2.24, 2.45) is 5.73 Å². The summed E-state index contributed by atoms with van der Waals surface area (Å²) in [6.07, 6.45) is 1.88. The summed E-state index contributed by atoms with van der Waals surface area (Å²) in [5.74, 6) is -2.52. The topological polar surface area (TPSA) is 177 Å². The van der Waals surface area contributed by atoms with Crippen LogP contribution in [0.1, 0.15) is 42.0 Å². The number of hydrogen-bond acceptors (Lipinski definition) is 7. The lowest BCUT2D eigenvalue weighted by Crippen LogP contribution is -2.63. The molecule has 0 saturated heterocycles. The van der Waals surface area contributed by atoms with Crippen molar-refractivity contribution in [1.29, 1.82) is 5.41 Å². The molecule has 1 unspecified atom stereocenters. The van der Waals surface area contributed by atoms with Gasteiger partial charge in [-0.25, -0.2) is 17.9 Å². The zero-order chi connectivity index (χ0) is 32.4. The lowest BCUT2D eigenvalue weighted by molar-refractivity contribution is -0.150. The zero-order valence-electron chi connectivity index (χ0n) is 26.2. The van der Waals surface area contributed by atoms with Crippen LogP contribution in [-0.4, -0.2) is 98.2 Å². The quantitative estimate of drug-likeness (QED) is 0.166. The maximum Gasteiger partial charge on any atom is 0.326 e. The number of benzene rings is 2. The van der Waals surface area contributed by atoms with Crippen LogP contribution in [0.3, 0.4) is 0 Å². The minimum Gasteiger partial charge on any atom is -0.480 e. The largest absolute Gasteiger partial charge is 0.480 e. The number of amides is 2. The molecule has 0 aromatic heterocycles. The van der Waals surface area contributed by atoms with Crippen molar-refractivity contribution < 1.29 is 27.9 Å². The van der Waals surface area contributed by atoms with Gasteiger partial charge < -0.3 is 20.6 Å². The first-order valence-corrected chi connectivity index (χ1v) is 15.8. The number of rotatable bonds is 10. The highest BCUT2D eigenvalue weighted by Gasteiger charge is 2.54. The number of carbonyl (C=O) groups excluding carboxylic acids is 2. The van der Waals surface area contributed by atoms with Crippen molar-refractivity contribution in [3.63, 3.8) is 0 Å². The SMILES string of the molecule is CC1=CCN(C(=O)[C@H](Cc2cccc(C(=N)N)c2)NS(=O)(=O)[C@@]2(CC(=O)N(C)C)c3ccccc3CCN2C)C(C(=O)O)C1.Cl.Cl. The summed E-state index contributed by atoms with van der Waals surface area (Å²) in [5, 5.41) is 17.8. The summed E-state index contributed by atoms with van der Waals surface area (Å²) in [7, 11) is 0.185. The molecule has 46 heavy (non-hydrogen) atoms. The standard InChI is InChI=1S/C31H40N6O6S.2ClH/c1-20-12-15-37(26(16-20)30(40)41)29(39)25(18-21-8-7-10-23(17-21)28(32)33)34-44(42,43)31(19-27(38)35(2)3)24-11-6-5-9-22(24)13-14-36(31)4;;/h5-12,17,25-26,34H,13-16,18-19H2,1-4H3,(H3,32,33)(H,40,41);2*1H/t25-,26?,31-;;/m0../s1. The van der Waals surface area contributed by atoms with Crippen molar-refractivity contribution in [2.45, 2.75) is 49.6 Å². The van der Waals surface area contributed by atoms with Crippen molar-refractivity contribution in [1.82, 2.24) is 19.4 Å². The number of fused-ring (bicyclic) bond motifs is 1. The fraction of sp³-hybridized carbons (Fsp3) is 0.419. The second-order valence-electron chi connectivity index (χ2n) is 11.7. The summed E-state index contributed by atoms with van der Waals surface area (Å²) in [6, 6.07) is 11.0. The number of carboxylic acid groups (broad SMARTS) is 1. The van der Waals surface area contributed by atoms with Gasteiger partial charge in [0, 0.05) is 32.7 Å². The summed E-state index contributed by atoms with van der Waals surface area (Å²) in [5.41, 5.74) is 8.64. The van der Waals surface area contributed by atoms with Crippen LogP contribution in [0, 0.1) is 5.41 Å². The van der Waals surface area contributed by atoms with Gasteiger partial charge in [0.2, 0.25) is 21.8 Å². The number of likely N-dealkylation sites (N-methyl/N-ethyl adjacent to an activating group) is 1. The van der Waals surface area contributed by atoms with E-state index in [-0.39, 0.29) is 50.0 Å². The molecule has 12 nitrogen and oxygen atoms in total. The fourth-order valence-corrected chi connectivity index (χ4v) is 8.00. The van der Waals surface area contributed by atoms with Gasteiger partial charge in [-0.3, -0.25) is 19.9 Å². The molecule has 0 radical (unpaired) electrons. The van der Waals surface area contributed by atoms with Crippen LogP contribution in [0.25, 0.3) is 0 Å². The van der Waals surface area contributed by atoms with Gasteiger partial charge in [-0.05, 0) is 56.0 Å². The Morgan fingerprint density at radius 1 is 1.15 bits per heavy atom. The monoisotopic (exact) mass is 696 g/mol. The molecule has 0 aliphatic carbocycles. The van der Waals surface area contributed by atoms with Gasteiger partial charge in [0.1, 0.15) is 17.9 Å². The molecule has 2 heterocycles. The Morgan fingerprint density at radius 2 is 1.83 bits per heavy atom. The predicted octanol–water partition coefficient (Wildman–Crippen LogP) is 2.10. The van der Waals surface area contributed by atoms with Crippen molar-refractivity contribution >= 4 is 58.5 Å².